The first-order chi connectivity index (χ1) is 9.24. The summed E-state index contributed by atoms with van der Waals surface area (Å²) < 4.78 is 24.0. The van der Waals surface area contributed by atoms with Gasteiger partial charge in [0, 0.05) is 32.7 Å². The monoisotopic (exact) mass is 268 g/mol. The molecule has 4 nitrogen and oxygen atoms in total. The zero-order chi connectivity index (χ0) is 13.7. The molecule has 1 heterocycles. The Balaban J connectivity index is 2.01. The van der Waals surface area contributed by atoms with Crippen molar-refractivity contribution in [3.63, 3.8) is 0 Å². The quantitative estimate of drug-likeness (QED) is 0.872. The average molecular weight is 268 g/mol. The van der Waals surface area contributed by atoms with Crippen molar-refractivity contribution in [1.29, 1.82) is 0 Å². The average Bonchev–Trinajstić information content (AvgIpc) is 2.45. The summed E-state index contributed by atoms with van der Waals surface area (Å²) in [6, 6.07) is 3.38. The van der Waals surface area contributed by atoms with E-state index in [1.54, 1.807) is 0 Å². The fraction of sp³-hybridized carbons (Fsp3) is 0.571. The molecule has 1 N–H and O–H groups in total. The second-order valence-corrected chi connectivity index (χ2v) is 4.65. The highest BCUT2D eigenvalue weighted by Crippen LogP contribution is 2.31. The van der Waals surface area contributed by atoms with E-state index in [1.165, 1.54) is 20.3 Å². The second-order valence-electron chi connectivity index (χ2n) is 4.65. The Hall–Kier alpha value is -1.33. The van der Waals surface area contributed by atoms with Crippen molar-refractivity contribution in [3.8, 4) is 11.5 Å². The maximum atomic E-state index is 13.8. The van der Waals surface area contributed by atoms with E-state index < -0.39 is 0 Å². The van der Waals surface area contributed by atoms with Crippen LogP contribution >= 0.6 is 0 Å². The summed E-state index contributed by atoms with van der Waals surface area (Å²) in [5, 5.41) is 3.32. The van der Waals surface area contributed by atoms with Gasteiger partial charge in [-0.3, -0.25) is 0 Å². The Morgan fingerprint density at radius 2 is 1.95 bits per heavy atom. The fourth-order valence-electron chi connectivity index (χ4n) is 2.34. The molecule has 0 spiro atoms. The van der Waals surface area contributed by atoms with Gasteiger partial charge in [0.05, 0.1) is 14.2 Å². The minimum atomic E-state index is -0.364. The fourth-order valence-corrected chi connectivity index (χ4v) is 2.34. The van der Waals surface area contributed by atoms with Crippen LogP contribution in [0.4, 0.5) is 4.39 Å². The minimum absolute atomic E-state index is 0.174. The molecule has 0 aromatic heterocycles. The number of piperazine rings is 1. The molecule has 5 heteroatoms. The van der Waals surface area contributed by atoms with Gasteiger partial charge in [-0.05, 0) is 24.1 Å². The van der Waals surface area contributed by atoms with Gasteiger partial charge in [0.25, 0.3) is 0 Å². The molecule has 0 aliphatic carbocycles. The van der Waals surface area contributed by atoms with Crippen molar-refractivity contribution in [3.05, 3.63) is 23.5 Å². The SMILES string of the molecule is COc1cc(CCN2CCNCC2)cc(F)c1OC. The molecule has 1 fully saturated rings. The van der Waals surface area contributed by atoms with Crippen LogP contribution in [0.2, 0.25) is 0 Å². The predicted octanol–water partition coefficient (Wildman–Crippen LogP) is 1.29. The Bertz CT molecular complexity index is 420. The summed E-state index contributed by atoms with van der Waals surface area (Å²) in [6.45, 7) is 5.10. The molecule has 0 radical (unpaired) electrons. The molecular weight excluding hydrogens is 247 g/mol. The smallest absolute Gasteiger partial charge is 0.196 e. The van der Waals surface area contributed by atoms with E-state index in [0.717, 1.165) is 44.7 Å². The summed E-state index contributed by atoms with van der Waals surface area (Å²) in [4.78, 5) is 2.38. The Morgan fingerprint density at radius 1 is 1.21 bits per heavy atom. The molecular formula is C14H21FN2O2. The van der Waals surface area contributed by atoms with Crippen molar-refractivity contribution in [2.24, 2.45) is 0 Å². The lowest BCUT2D eigenvalue weighted by Gasteiger charge is -2.27. The number of ether oxygens (including phenoxy) is 2. The molecule has 0 unspecified atom stereocenters. The van der Waals surface area contributed by atoms with Crippen LogP contribution in [0.5, 0.6) is 11.5 Å². The van der Waals surface area contributed by atoms with Crippen LogP contribution in [-0.4, -0.2) is 51.8 Å². The van der Waals surface area contributed by atoms with Crippen molar-refractivity contribution < 1.29 is 13.9 Å². The molecule has 106 valence electrons. The first-order valence-corrected chi connectivity index (χ1v) is 6.58. The largest absolute Gasteiger partial charge is 0.493 e. The summed E-state index contributed by atoms with van der Waals surface area (Å²) in [7, 11) is 2.97. The molecule has 0 amide bonds. The summed E-state index contributed by atoms with van der Waals surface area (Å²) >= 11 is 0. The van der Waals surface area contributed by atoms with E-state index in [1.807, 2.05) is 6.07 Å². The Morgan fingerprint density at radius 3 is 2.58 bits per heavy atom. The summed E-state index contributed by atoms with van der Waals surface area (Å²) in [5.41, 5.74) is 0.939. The third kappa shape index (κ3) is 3.58. The number of nitrogens with zero attached hydrogens (tertiary/aromatic N) is 1. The molecule has 0 saturated carbocycles. The van der Waals surface area contributed by atoms with Crippen LogP contribution in [0.1, 0.15) is 5.56 Å². The number of rotatable bonds is 5. The van der Waals surface area contributed by atoms with Gasteiger partial charge in [-0.15, -0.1) is 0 Å². The number of hydrogen-bond donors (Lipinski definition) is 1. The van der Waals surface area contributed by atoms with E-state index in [-0.39, 0.29) is 11.6 Å². The lowest BCUT2D eigenvalue weighted by Crippen LogP contribution is -2.44. The Kier molecular flexibility index (Phi) is 4.99. The zero-order valence-electron chi connectivity index (χ0n) is 11.5. The number of benzene rings is 1. The first-order valence-electron chi connectivity index (χ1n) is 6.58. The van der Waals surface area contributed by atoms with Crippen LogP contribution in [0.25, 0.3) is 0 Å². The molecule has 0 bridgehead atoms. The van der Waals surface area contributed by atoms with Crippen LogP contribution in [0, 0.1) is 5.82 Å². The van der Waals surface area contributed by atoms with E-state index in [4.69, 9.17) is 9.47 Å². The third-order valence-electron chi connectivity index (χ3n) is 3.42. The molecule has 19 heavy (non-hydrogen) atoms. The normalized spacial score (nSPS) is 16.4. The number of nitrogens with one attached hydrogen (secondary N) is 1. The molecule has 2 rings (SSSR count). The third-order valence-corrected chi connectivity index (χ3v) is 3.42. The molecule has 1 aromatic carbocycles. The van der Waals surface area contributed by atoms with E-state index in [0.29, 0.717) is 5.75 Å². The van der Waals surface area contributed by atoms with Crippen LogP contribution in [-0.2, 0) is 6.42 Å². The molecule has 1 aliphatic rings. The minimum Gasteiger partial charge on any atom is -0.493 e. The van der Waals surface area contributed by atoms with E-state index >= 15 is 0 Å². The molecule has 1 saturated heterocycles. The summed E-state index contributed by atoms with van der Waals surface area (Å²) in [5.74, 6) is 0.267. The summed E-state index contributed by atoms with van der Waals surface area (Å²) in [6.07, 6.45) is 0.817. The van der Waals surface area contributed by atoms with Crippen LogP contribution < -0.4 is 14.8 Å². The number of halogens is 1. The van der Waals surface area contributed by atoms with Gasteiger partial charge in [0.1, 0.15) is 0 Å². The maximum Gasteiger partial charge on any atom is 0.196 e. The van der Waals surface area contributed by atoms with Gasteiger partial charge in [0.2, 0.25) is 0 Å². The molecule has 0 atom stereocenters. The maximum absolute atomic E-state index is 13.8. The van der Waals surface area contributed by atoms with Crippen LogP contribution in [0.3, 0.4) is 0 Å². The highest BCUT2D eigenvalue weighted by molar-refractivity contribution is 5.44. The number of methoxy groups -OCH3 is 2. The van der Waals surface area contributed by atoms with Gasteiger partial charge in [-0.2, -0.15) is 0 Å². The molecule has 1 aromatic rings. The van der Waals surface area contributed by atoms with Gasteiger partial charge < -0.3 is 19.7 Å². The van der Waals surface area contributed by atoms with Crippen molar-refractivity contribution >= 4 is 0 Å². The standard InChI is InChI=1S/C14H21FN2O2/c1-18-13-10-11(9-12(15)14(13)19-2)3-6-17-7-4-16-5-8-17/h9-10,16H,3-8H2,1-2H3. The van der Waals surface area contributed by atoms with Crippen molar-refractivity contribution in [2.45, 2.75) is 6.42 Å². The van der Waals surface area contributed by atoms with Gasteiger partial charge in [-0.1, -0.05) is 0 Å². The first kappa shape index (κ1) is 14.1. The van der Waals surface area contributed by atoms with E-state index in [2.05, 4.69) is 10.2 Å². The topological polar surface area (TPSA) is 33.7 Å². The lowest BCUT2D eigenvalue weighted by atomic mass is 10.1. The Labute approximate surface area is 113 Å². The van der Waals surface area contributed by atoms with Crippen molar-refractivity contribution in [1.82, 2.24) is 10.2 Å². The predicted molar refractivity (Wildman–Crippen MR) is 72.5 cm³/mol. The van der Waals surface area contributed by atoms with Gasteiger partial charge >= 0.3 is 0 Å². The van der Waals surface area contributed by atoms with Crippen molar-refractivity contribution in [2.75, 3.05) is 46.9 Å². The highest BCUT2D eigenvalue weighted by atomic mass is 19.1. The number of hydrogen-bond acceptors (Lipinski definition) is 4. The van der Waals surface area contributed by atoms with Gasteiger partial charge in [0.15, 0.2) is 17.3 Å². The second kappa shape index (κ2) is 6.73. The van der Waals surface area contributed by atoms with Crippen LogP contribution in [0.15, 0.2) is 12.1 Å². The molecule has 1 aliphatic heterocycles. The highest BCUT2D eigenvalue weighted by Gasteiger charge is 2.14. The van der Waals surface area contributed by atoms with E-state index in [9.17, 15) is 4.39 Å². The zero-order valence-corrected chi connectivity index (χ0v) is 11.5. The lowest BCUT2D eigenvalue weighted by molar-refractivity contribution is 0.243. The van der Waals surface area contributed by atoms with Gasteiger partial charge in [-0.25, -0.2) is 4.39 Å².